The van der Waals surface area contributed by atoms with Gasteiger partial charge in [-0.1, -0.05) is 47.7 Å². The van der Waals surface area contributed by atoms with Crippen molar-refractivity contribution in [3.63, 3.8) is 0 Å². The zero-order valence-electron chi connectivity index (χ0n) is 16.1. The fourth-order valence-electron chi connectivity index (χ4n) is 2.58. The van der Waals surface area contributed by atoms with E-state index in [1.807, 2.05) is 17.5 Å². The van der Waals surface area contributed by atoms with Crippen molar-refractivity contribution >= 4 is 43.7 Å². The molecular formula is C18H16N6O4S3. The maximum atomic E-state index is 13.0. The second kappa shape index (κ2) is 9.01. The molecule has 0 spiro atoms. The minimum atomic E-state index is -3.97. The molecule has 1 amide bonds. The number of rotatable bonds is 8. The van der Waals surface area contributed by atoms with Gasteiger partial charge in [0.05, 0.1) is 11.4 Å². The summed E-state index contributed by atoms with van der Waals surface area (Å²) in [5, 5.41) is 16.0. The highest BCUT2D eigenvalue weighted by molar-refractivity contribution is 7.91. The van der Waals surface area contributed by atoms with Crippen LogP contribution in [0.4, 0.5) is 5.13 Å². The largest absolute Gasteiger partial charge is 0.337 e. The average molecular weight is 477 g/mol. The first kappa shape index (κ1) is 21.2. The SMILES string of the molecule is CCN(Cc1nc(-c2cccs2)no1)S(=O)(=O)c1nnc(NC(=O)c2ccccc2)s1. The number of anilines is 1. The highest BCUT2D eigenvalue weighted by Crippen LogP contribution is 2.26. The second-order valence-corrected chi connectivity index (χ2v) is 10.2. The average Bonchev–Trinajstić information content (AvgIpc) is 3.54. The van der Waals surface area contributed by atoms with Gasteiger partial charge < -0.3 is 4.52 Å². The molecule has 0 fully saturated rings. The predicted octanol–water partition coefficient (Wildman–Crippen LogP) is 3.11. The molecule has 3 heterocycles. The summed E-state index contributed by atoms with van der Waals surface area (Å²) >= 11 is 2.23. The van der Waals surface area contributed by atoms with Gasteiger partial charge in [-0.2, -0.15) is 9.29 Å². The number of nitrogens with zero attached hydrogens (tertiary/aromatic N) is 5. The standard InChI is InChI=1S/C18H16N6O4S3/c1-2-24(11-14-19-15(23-28-14)13-9-6-10-29-13)31(26,27)18-22-21-17(30-18)20-16(25)12-7-4-3-5-8-12/h3-10H,2,11H2,1H3,(H,20,21,25). The van der Waals surface area contributed by atoms with E-state index in [2.05, 4.69) is 25.7 Å². The monoisotopic (exact) mass is 476 g/mol. The Balaban J connectivity index is 1.48. The Labute approximate surface area is 185 Å². The lowest BCUT2D eigenvalue weighted by Gasteiger charge is -2.15. The molecule has 3 aromatic heterocycles. The summed E-state index contributed by atoms with van der Waals surface area (Å²) in [5.74, 6) is 0.163. The van der Waals surface area contributed by atoms with Gasteiger partial charge >= 0.3 is 0 Å². The number of carbonyl (C=O) groups is 1. The summed E-state index contributed by atoms with van der Waals surface area (Å²) < 4.78 is 32.1. The molecule has 0 atom stereocenters. The molecule has 4 rings (SSSR count). The van der Waals surface area contributed by atoms with Gasteiger partial charge in [-0.3, -0.25) is 10.1 Å². The molecule has 0 aliphatic rings. The molecule has 31 heavy (non-hydrogen) atoms. The lowest BCUT2D eigenvalue weighted by molar-refractivity contribution is 0.102. The van der Waals surface area contributed by atoms with E-state index in [1.165, 1.54) is 11.3 Å². The number of amides is 1. The van der Waals surface area contributed by atoms with Crippen molar-refractivity contribution in [2.75, 3.05) is 11.9 Å². The van der Waals surface area contributed by atoms with Crippen molar-refractivity contribution < 1.29 is 17.7 Å². The molecule has 0 bridgehead atoms. The van der Waals surface area contributed by atoms with Crippen LogP contribution in [-0.2, 0) is 16.6 Å². The fourth-order valence-corrected chi connectivity index (χ4v) is 5.66. The van der Waals surface area contributed by atoms with Crippen LogP contribution in [0, 0.1) is 0 Å². The third-order valence-corrected chi connectivity index (χ3v) is 8.07. The Morgan fingerprint density at radius 3 is 2.68 bits per heavy atom. The van der Waals surface area contributed by atoms with Crippen molar-refractivity contribution in [2.24, 2.45) is 0 Å². The smallest absolute Gasteiger partial charge is 0.272 e. The van der Waals surface area contributed by atoms with Crippen LogP contribution in [0.1, 0.15) is 23.2 Å². The van der Waals surface area contributed by atoms with Crippen molar-refractivity contribution in [1.82, 2.24) is 24.6 Å². The highest BCUT2D eigenvalue weighted by atomic mass is 32.2. The van der Waals surface area contributed by atoms with Crippen LogP contribution in [0.5, 0.6) is 0 Å². The van der Waals surface area contributed by atoms with Gasteiger partial charge in [0.15, 0.2) is 0 Å². The van der Waals surface area contributed by atoms with Crippen molar-refractivity contribution in [2.45, 2.75) is 17.8 Å². The van der Waals surface area contributed by atoms with E-state index in [-0.39, 0.29) is 28.5 Å². The first-order chi connectivity index (χ1) is 15.0. The zero-order chi connectivity index (χ0) is 21.8. The topological polar surface area (TPSA) is 131 Å². The molecular weight excluding hydrogens is 460 g/mol. The number of aromatic nitrogens is 4. The summed E-state index contributed by atoms with van der Waals surface area (Å²) in [6.45, 7) is 1.74. The first-order valence-electron chi connectivity index (χ1n) is 9.04. The Morgan fingerprint density at radius 2 is 1.97 bits per heavy atom. The van der Waals surface area contributed by atoms with Gasteiger partial charge in [0, 0.05) is 12.1 Å². The van der Waals surface area contributed by atoms with Crippen molar-refractivity contribution in [3.8, 4) is 10.7 Å². The second-order valence-electron chi connectivity index (χ2n) is 6.11. The van der Waals surface area contributed by atoms with E-state index >= 15 is 0 Å². The molecule has 0 saturated carbocycles. The maximum absolute atomic E-state index is 13.0. The minimum Gasteiger partial charge on any atom is -0.337 e. The number of nitrogens with one attached hydrogen (secondary N) is 1. The van der Waals surface area contributed by atoms with Gasteiger partial charge in [-0.15, -0.1) is 21.5 Å². The van der Waals surface area contributed by atoms with E-state index in [0.29, 0.717) is 11.4 Å². The minimum absolute atomic E-state index is 0.0845. The Morgan fingerprint density at radius 1 is 1.16 bits per heavy atom. The van der Waals surface area contributed by atoms with Gasteiger partial charge in [-0.05, 0) is 23.6 Å². The van der Waals surface area contributed by atoms with Gasteiger partial charge in [-0.25, -0.2) is 8.42 Å². The molecule has 10 nitrogen and oxygen atoms in total. The normalized spacial score (nSPS) is 11.7. The van der Waals surface area contributed by atoms with Crippen LogP contribution in [0.25, 0.3) is 10.7 Å². The molecule has 13 heteroatoms. The van der Waals surface area contributed by atoms with Gasteiger partial charge in [0.2, 0.25) is 21.2 Å². The quantitative estimate of drug-likeness (QED) is 0.384. The number of carbonyl (C=O) groups excluding carboxylic acids is 1. The van der Waals surface area contributed by atoms with E-state index in [9.17, 15) is 13.2 Å². The molecule has 1 aromatic carbocycles. The van der Waals surface area contributed by atoms with E-state index < -0.39 is 15.9 Å². The molecule has 0 saturated heterocycles. The third kappa shape index (κ3) is 4.69. The third-order valence-electron chi connectivity index (χ3n) is 4.10. The molecule has 0 aliphatic heterocycles. The summed E-state index contributed by atoms with van der Waals surface area (Å²) in [7, 11) is -3.97. The van der Waals surface area contributed by atoms with Crippen LogP contribution in [0.3, 0.4) is 0 Å². The number of hydrogen-bond donors (Lipinski definition) is 1. The molecule has 160 valence electrons. The number of thiophene rings is 1. The highest BCUT2D eigenvalue weighted by Gasteiger charge is 2.29. The van der Waals surface area contributed by atoms with Crippen molar-refractivity contribution in [1.29, 1.82) is 0 Å². The maximum Gasteiger partial charge on any atom is 0.272 e. The van der Waals surface area contributed by atoms with E-state index in [1.54, 1.807) is 37.3 Å². The Bertz CT molecular complexity index is 1270. The zero-order valence-corrected chi connectivity index (χ0v) is 18.6. The molecule has 0 radical (unpaired) electrons. The summed E-state index contributed by atoms with van der Waals surface area (Å²) in [6, 6.07) is 12.2. The van der Waals surface area contributed by atoms with Crippen LogP contribution in [0.2, 0.25) is 0 Å². The lowest BCUT2D eigenvalue weighted by Crippen LogP contribution is -2.30. The van der Waals surface area contributed by atoms with Crippen molar-refractivity contribution in [3.05, 3.63) is 59.3 Å². The van der Waals surface area contributed by atoms with Crippen LogP contribution >= 0.6 is 22.7 Å². The Kier molecular flexibility index (Phi) is 6.18. The van der Waals surface area contributed by atoms with Crippen LogP contribution in [-0.4, -0.2) is 45.5 Å². The fraction of sp³-hybridized carbons (Fsp3) is 0.167. The summed E-state index contributed by atoms with van der Waals surface area (Å²) in [4.78, 5) is 17.3. The number of benzene rings is 1. The van der Waals surface area contributed by atoms with E-state index in [4.69, 9.17) is 4.52 Å². The molecule has 0 aliphatic carbocycles. The number of hydrogen-bond acceptors (Lipinski definition) is 10. The molecule has 1 N–H and O–H groups in total. The van der Waals surface area contributed by atoms with Gasteiger partial charge in [0.25, 0.3) is 15.9 Å². The number of sulfonamides is 1. The van der Waals surface area contributed by atoms with Crippen LogP contribution in [0.15, 0.2) is 56.7 Å². The van der Waals surface area contributed by atoms with E-state index in [0.717, 1.165) is 20.5 Å². The Hall–Kier alpha value is -3.00. The molecule has 0 unspecified atom stereocenters. The summed E-state index contributed by atoms with van der Waals surface area (Å²) in [6.07, 6.45) is 0. The predicted molar refractivity (Wildman–Crippen MR) is 115 cm³/mol. The molecule has 4 aromatic rings. The first-order valence-corrected chi connectivity index (χ1v) is 12.2. The van der Waals surface area contributed by atoms with Gasteiger partial charge in [0.1, 0.15) is 0 Å². The lowest BCUT2D eigenvalue weighted by atomic mass is 10.2. The summed E-state index contributed by atoms with van der Waals surface area (Å²) in [5.41, 5.74) is 0.426. The van der Waals surface area contributed by atoms with Crippen LogP contribution < -0.4 is 5.32 Å².